The summed E-state index contributed by atoms with van der Waals surface area (Å²) in [6.07, 6.45) is 10.1. The Morgan fingerprint density at radius 3 is 2.82 bits per heavy atom. The van der Waals surface area contributed by atoms with E-state index in [1.165, 1.54) is 12.1 Å². The second-order valence-corrected chi connectivity index (χ2v) is 9.51. The van der Waals surface area contributed by atoms with Gasteiger partial charge in [-0.3, -0.25) is 14.3 Å². The van der Waals surface area contributed by atoms with Crippen molar-refractivity contribution in [1.29, 1.82) is 0 Å². The van der Waals surface area contributed by atoms with Crippen molar-refractivity contribution in [2.45, 2.75) is 25.8 Å². The van der Waals surface area contributed by atoms with Crippen molar-refractivity contribution >= 4 is 34.1 Å². The number of rotatable bonds is 6. The number of carbonyl (C=O) groups excluding carboxylic acids is 1. The summed E-state index contributed by atoms with van der Waals surface area (Å²) in [6, 6.07) is 13.9. The molecule has 2 aromatic carbocycles. The first-order valence-corrected chi connectivity index (χ1v) is 12.8. The number of halogens is 1. The number of benzene rings is 2. The van der Waals surface area contributed by atoms with Crippen molar-refractivity contribution < 1.29 is 9.18 Å². The molecule has 1 aliphatic heterocycles. The maximum atomic E-state index is 15.6. The molecule has 196 valence electrons. The summed E-state index contributed by atoms with van der Waals surface area (Å²) in [7, 11) is 0. The highest BCUT2D eigenvalue weighted by molar-refractivity contribution is 6.11. The standard InChI is InChI=1S/C29H27FN8O/c1-19-4-2-5-20-9-12-33-27(26(19)20)38(22-6-3-11-31-17-22)28(39)23-8-7-21(16-24(23)30)35-29-34-13-10-25(36-29)37-15-14-32-18-37/h2,4-5,7-10,12-16,18,22,31H,3,6,11,17H2,1H3,(H,34,35,36)/t22-/m1/s1. The summed E-state index contributed by atoms with van der Waals surface area (Å²) in [5.41, 5.74) is 1.42. The Bertz CT molecular complexity index is 1630. The zero-order valence-electron chi connectivity index (χ0n) is 21.4. The molecular weight excluding hydrogens is 495 g/mol. The monoisotopic (exact) mass is 522 g/mol. The van der Waals surface area contributed by atoms with Crippen LogP contribution in [0.3, 0.4) is 0 Å². The van der Waals surface area contributed by atoms with E-state index in [-0.39, 0.29) is 11.6 Å². The fourth-order valence-electron chi connectivity index (χ4n) is 5.03. The molecule has 2 N–H and O–H groups in total. The highest BCUT2D eigenvalue weighted by atomic mass is 19.1. The van der Waals surface area contributed by atoms with Gasteiger partial charge in [-0.25, -0.2) is 19.3 Å². The van der Waals surface area contributed by atoms with Gasteiger partial charge >= 0.3 is 0 Å². The molecular formula is C29H27FN8O. The Kier molecular flexibility index (Phi) is 6.68. The number of piperidine rings is 1. The second kappa shape index (κ2) is 10.6. The van der Waals surface area contributed by atoms with E-state index in [0.29, 0.717) is 29.8 Å². The number of hydrogen-bond acceptors (Lipinski definition) is 7. The van der Waals surface area contributed by atoms with Gasteiger partial charge < -0.3 is 10.6 Å². The van der Waals surface area contributed by atoms with Gasteiger partial charge in [-0.1, -0.05) is 18.2 Å². The third-order valence-electron chi connectivity index (χ3n) is 6.93. The number of fused-ring (bicyclic) bond motifs is 1. The molecule has 1 aliphatic rings. The van der Waals surface area contributed by atoms with Crippen LogP contribution in [0.4, 0.5) is 21.8 Å². The van der Waals surface area contributed by atoms with Crippen molar-refractivity contribution in [3.8, 4) is 5.82 Å². The van der Waals surface area contributed by atoms with Crippen LogP contribution in [0.1, 0.15) is 28.8 Å². The van der Waals surface area contributed by atoms with Gasteiger partial charge in [0.15, 0.2) is 0 Å². The van der Waals surface area contributed by atoms with E-state index in [4.69, 9.17) is 0 Å². The number of anilines is 3. The zero-order valence-corrected chi connectivity index (χ0v) is 21.4. The maximum Gasteiger partial charge on any atom is 0.262 e. The molecule has 6 rings (SSSR count). The van der Waals surface area contributed by atoms with Gasteiger partial charge in [0, 0.05) is 42.4 Å². The molecule has 9 nitrogen and oxygen atoms in total. The number of amides is 1. The van der Waals surface area contributed by atoms with E-state index >= 15 is 4.39 Å². The van der Waals surface area contributed by atoms with E-state index in [9.17, 15) is 4.79 Å². The van der Waals surface area contributed by atoms with Gasteiger partial charge in [-0.2, -0.15) is 4.98 Å². The van der Waals surface area contributed by atoms with Crippen molar-refractivity contribution in [3.05, 3.63) is 96.6 Å². The predicted octanol–water partition coefficient (Wildman–Crippen LogP) is 4.80. The zero-order chi connectivity index (χ0) is 26.8. The van der Waals surface area contributed by atoms with Crippen LogP contribution in [0.25, 0.3) is 16.6 Å². The summed E-state index contributed by atoms with van der Waals surface area (Å²) in [4.78, 5) is 33.1. The summed E-state index contributed by atoms with van der Waals surface area (Å²) in [5, 5.41) is 8.28. The van der Waals surface area contributed by atoms with Gasteiger partial charge in [0.2, 0.25) is 5.95 Å². The molecule has 0 aliphatic carbocycles. The quantitative estimate of drug-likeness (QED) is 0.330. The average molecular weight is 523 g/mol. The SMILES string of the molecule is Cc1cccc2ccnc(N(C(=O)c3ccc(Nc4nccc(-n5ccnc5)n4)cc3F)[C@@H]3CCCNC3)c12. The smallest absolute Gasteiger partial charge is 0.262 e. The van der Waals surface area contributed by atoms with Crippen molar-refractivity contribution in [2.75, 3.05) is 23.3 Å². The Balaban J connectivity index is 1.33. The van der Waals surface area contributed by atoms with Gasteiger partial charge in [-0.05, 0) is 67.6 Å². The van der Waals surface area contributed by atoms with Crippen LogP contribution in [0, 0.1) is 12.7 Å². The Morgan fingerprint density at radius 2 is 2.03 bits per heavy atom. The van der Waals surface area contributed by atoms with Gasteiger partial charge in [0.05, 0.1) is 11.6 Å². The molecule has 0 radical (unpaired) electrons. The highest BCUT2D eigenvalue weighted by Crippen LogP contribution is 2.32. The van der Waals surface area contributed by atoms with Gasteiger partial charge in [0.25, 0.3) is 5.91 Å². The van der Waals surface area contributed by atoms with E-state index in [2.05, 4.69) is 30.6 Å². The van der Waals surface area contributed by atoms with E-state index in [1.54, 1.807) is 52.7 Å². The molecule has 0 unspecified atom stereocenters. The van der Waals surface area contributed by atoms with E-state index in [0.717, 1.165) is 35.7 Å². The van der Waals surface area contributed by atoms with E-state index < -0.39 is 11.7 Å². The second-order valence-electron chi connectivity index (χ2n) is 9.51. The molecule has 1 fully saturated rings. The number of aryl methyl sites for hydroxylation is 1. The number of aromatic nitrogens is 5. The number of hydrogen-bond donors (Lipinski definition) is 2. The lowest BCUT2D eigenvalue weighted by molar-refractivity contribution is 0.0968. The van der Waals surface area contributed by atoms with Crippen LogP contribution in [0.2, 0.25) is 0 Å². The third-order valence-corrected chi connectivity index (χ3v) is 6.93. The maximum absolute atomic E-state index is 15.6. The minimum absolute atomic E-state index is 0.0217. The molecule has 39 heavy (non-hydrogen) atoms. The van der Waals surface area contributed by atoms with Crippen LogP contribution in [-0.2, 0) is 0 Å². The van der Waals surface area contributed by atoms with Crippen LogP contribution in [0.15, 0.2) is 79.6 Å². The Morgan fingerprint density at radius 1 is 1.13 bits per heavy atom. The minimum Gasteiger partial charge on any atom is -0.324 e. The van der Waals surface area contributed by atoms with Crippen LogP contribution < -0.4 is 15.5 Å². The minimum atomic E-state index is -0.638. The summed E-state index contributed by atoms with van der Waals surface area (Å²) in [5.74, 6) is 0.406. The molecule has 10 heteroatoms. The molecule has 3 aromatic heterocycles. The number of nitrogens with one attached hydrogen (secondary N) is 2. The number of imidazole rings is 1. The molecule has 1 amide bonds. The first-order chi connectivity index (χ1) is 19.1. The lowest BCUT2D eigenvalue weighted by atomic mass is 10.0. The molecule has 0 saturated carbocycles. The first-order valence-electron chi connectivity index (χ1n) is 12.8. The fraction of sp³-hybridized carbons (Fsp3) is 0.207. The third kappa shape index (κ3) is 4.94. The summed E-state index contributed by atoms with van der Waals surface area (Å²) >= 11 is 0. The average Bonchev–Trinajstić information content (AvgIpc) is 3.50. The first kappa shape index (κ1) is 24.6. The lowest BCUT2D eigenvalue weighted by Crippen LogP contribution is -2.49. The van der Waals surface area contributed by atoms with Crippen LogP contribution in [-0.4, -0.2) is 49.5 Å². The Labute approximate surface area is 224 Å². The van der Waals surface area contributed by atoms with Crippen LogP contribution >= 0.6 is 0 Å². The number of pyridine rings is 1. The lowest BCUT2D eigenvalue weighted by Gasteiger charge is -2.35. The predicted molar refractivity (Wildman–Crippen MR) is 148 cm³/mol. The largest absolute Gasteiger partial charge is 0.324 e. The number of nitrogens with zero attached hydrogens (tertiary/aromatic N) is 6. The van der Waals surface area contributed by atoms with Crippen molar-refractivity contribution in [2.24, 2.45) is 0 Å². The van der Waals surface area contributed by atoms with Crippen molar-refractivity contribution in [1.82, 2.24) is 29.8 Å². The number of carbonyl (C=O) groups is 1. The van der Waals surface area contributed by atoms with Crippen LogP contribution in [0.5, 0.6) is 0 Å². The van der Waals surface area contributed by atoms with Crippen molar-refractivity contribution in [3.63, 3.8) is 0 Å². The molecule has 1 atom stereocenters. The summed E-state index contributed by atoms with van der Waals surface area (Å²) < 4.78 is 17.3. The molecule has 0 spiro atoms. The molecule has 1 saturated heterocycles. The molecule has 5 aromatic rings. The fourth-order valence-corrected chi connectivity index (χ4v) is 5.03. The van der Waals surface area contributed by atoms with Gasteiger partial charge in [0.1, 0.15) is 23.8 Å². The highest BCUT2D eigenvalue weighted by Gasteiger charge is 2.31. The van der Waals surface area contributed by atoms with Gasteiger partial charge in [-0.15, -0.1) is 0 Å². The Hall–Kier alpha value is -4.70. The molecule has 4 heterocycles. The topological polar surface area (TPSA) is 101 Å². The van der Waals surface area contributed by atoms with E-state index in [1.807, 2.05) is 31.2 Å². The normalized spacial score (nSPS) is 15.3. The molecule has 0 bridgehead atoms. The summed E-state index contributed by atoms with van der Waals surface area (Å²) in [6.45, 7) is 3.50.